The third kappa shape index (κ3) is 8.51. The molecule has 204 valence electrons. The molecule has 2 unspecified atom stereocenters. The number of aryl methyl sites for hydroxylation is 2. The minimum absolute atomic E-state index is 0.00508. The van der Waals surface area contributed by atoms with Crippen LogP contribution < -0.4 is 10.6 Å². The molecule has 2 rings (SSSR count). The zero-order chi connectivity index (χ0) is 28.6. The predicted molar refractivity (Wildman–Crippen MR) is 145 cm³/mol. The normalized spacial score (nSPS) is 12.7. The minimum Gasteiger partial charge on any atom is -0.508 e. The Bertz CT molecular complexity index is 1180. The number of ether oxygens (including phenoxy) is 1. The third-order valence-corrected chi connectivity index (χ3v) is 5.70. The fourth-order valence-electron chi connectivity index (χ4n) is 4.09. The lowest BCUT2D eigenvalue weighted by Gasteiger charge is -2.33. The van der Waals surface area contributed by atoms with Crippen molar-refractivity contribution >= 4 is 23.6 Å². The van der Waals surface area contributed by atoms with Gasteiger partial charge < -0.3 is 25.4 Å². The highest BCUT2D eigenvalue weighted by molar-refractivity contribution is 6.00. The number of nitrogens with one attached hydrogen (secondary N) is 2. The summed E-state index contributed by atoms with van der Waals surface area (Å²) < 4.78 is 5.36. The van der Waals surface area contributed by atoms with Crippen molar-refractivity contribution < 1.29 is 24.2 Å². The molecule has 38 heavy (non-hydrogen) atoms. The zero-order valence-corrected chi connectivity index (χ0v) is 23.2. The van der Waals surface area contributed by atoms with Gasteiger partial charge in [0.2, 0.25) is 5.91 Å². The van der Waals surface area contributed by atoms with E-state index in [1.165, 1.54) is 12.1 Å². The molecule has 0 aliphatic heterocycles. The SMILES string of the molecule is Cc1cccc(C)c1NC(=O)C(c1cccc(O)c1)N(CC#N)C(=O)C(CC(C)C)NC(=O)OC(C)(C)C. The number of hydrogen-bond acceptors (Lipinski definition) is 6. The molecule has 2 atom stereocenters. The molecular weight excluding hydrogens is 484 g/mol. The summed E-state index contributed by atoms with van der Waals surface area (Å²) in [7, 11) is 0. The number of alkyl carbamates (subject to hydrolysis) is 1. The highest BCUT2D eigenvalue weighted by Gasteiger charge is 2.37. The number of carbonyl (C=O) groups excluding carboxylic acids is 3. The second-order valence-electron chi connectivity index (χ2n) is 10.7. The van der Waals surface area contributed by atoms with Crippen LogP contribution in [-0.4, -0.2) is 46.1 Å². The summed E-state index contributed by atoms with van der Waals surface area (Å²) in [5.74, 6) is -1.26. The van der Waals surface area contributed by atoms with E-state index in [2.05, 4.69) is 10.6 Å². The molecule has 9 heteroatoms. The number of para-hydroxylation sites is 1. The van der Waals surface area contributed by atoms with Crippen molar-refractivity contribution in [2.75, 3.05) is 11.9 Å². The number of hydrogen-bond donors (Lipinski definition) is 3. The van der Waals surface area contributed by atoms with E-state index in [0.717, 1.165) is 16.0 Å². The summed E-state index contributed by atoms with van der Waals surface area (Å²) in [5, 5.41) is 25.3. The van der Waals surface area contributed by atoms with Gasteiger partial charge in [-0.15, -0.1) is 0 Å². The van der Waals surface area contributed by atoms with Gasteiger partial charge in [-0.1, -0.05) is 44.2 Å². The van der Waals surface area contributed by atoms with Crippen molar-refractivity contribution in [3.05, 3.63) is 59.2 Å². The van der Waals surface area contributed by atoms with E-state index in [-0.39, 0.29) is 18.1 Å². The second-order valence-corrected chi connectivity index (χ2v) is 10.7. The monoisotopic (exact) mass is 522 g/mol. The van der Waals surface area contributed by atoms with Crippen molar-refractivity contribution in [2.24, 2.45) is 5.92 Å². The number of nitriles is 1. The number of amides is 3. The minimum atomic E-state index is -1.26. The molecule has 0 aromatic heterocycles. The van der Waals surface area contributed by atoms with Gasteiger partial charge in [-0.3, -0.25) is 9.59 Å². The molecule has 9 nitrogen and oxygen atoms in total. The van der Waals surface area contributed by atoms with E-state index in [4.69, 9.17) is 4.74 Å². The van der Waals surface area contributed by atoms with Gasteiger partial charge in [0.05, 0.1) is 6.07 Å². The Labute approximate surface area is 224 Å². The first-order chi connectivity index (χ1) is 17.7. The van der Waals surface area contributed by atoms with Crippen LogP contribution in [-0.2, 0) is 14.3 Å². The van der Waals surface area contributed by atoms with Crippen LogP contribution in [0.15, 0.2) is 42.5 Å². The van der Waals surface area contributed by atoms with Gasteiger partial charge in [0.25, 0.3) is 5.91 Å². The quantitative estimate of drug-likeness (QED) is 0.398. The summed E-state index contributed by atoms with van der Waals surface area (Å²) in [6, 6.07) is 11.2. The van der Waals surface area contributed by atoms with Crippen LogP contribution in [0.1, 0.15) is 63.8 Å². The number of anilines is 1. The Kier molecular flexibility index (Phi) is 10.3. The summed E-state index contributed by atoms with van der Waals surface area (Å²) in [5.41, 5.74) is 1.79. The first kappa shape index (κ1) is 30.2. The van der Waals surface area contributed by atoms with Crippen molar-refractivity contribution in [2.45, 2.75) is 72.6 Å². The molecule has 0 saturated heterocycles. The molecule has 0 aliphatic carbocycles. The molecule has 0 saturated carbocycles. The maximum absolute atomic E-state index is 13.9. The topological polar surface area (TPSA) is 132 Å². The van der Waals surface area contributed by atoms with Crippen LogP contribution in [0.4, 0.5) is 10.5 Å². The molecule has 0 fully saturated rings. The van der Waals surface area contributed by atoms with Gasteiger partial charge in [-0.05, 0) is 75.8 Å². The molecule has 0 aliphatic rings. The lowest BCUT2D eigenvalue weighted by Crippen LogP contribution is -2.53. The smallest absolute Gasteiger partial charge is 0.408 e. The van der Waals surface area contributed by atoms with Crippen molar-refractivity contribution in [1.29, 1.82) is 5.26 Å². The Morgan fingerprint density at radius 1 is 1.08 bits per heavy atom. The summed E-state index contributed by atoms with van der Waals surface area (Å²) in [4.78, 5) is 41.4. The van der Waals surface area contributed by atoms with E-state index in [1.807, 2.05) is 52.0 Å². The average molecular weight is 523 g/mol. The highest BCUT2D eigenvalue weighted by atomic mass is 16.6. The molecule has 0 radical (unpaired) electrons. The van der Waals surface area contributed by atoms with Crippen molar-refractivity contribution in [1.82, 2.24) is 10.2 Å². The maximum atomic E-state index is 13.9. The number of nitrogens with zero attached hydrogens (tertiary/aromatic N) is 2. The van der Waals surface area contributed by atoms with Gasteiger partial charge in [0.1, 0.15) is 30.0 Å². The van der Waals surface area contributed by atoms with Gasteiger partial charge in [-0.25, -0.2) is 4.79 Å². The van der Waals surface area contributed by atoms with Gasteiger partial charge in [0.15, 0.2) is 0 Å². The molecule has 3 amide bonds. The number of phenolic OH excluding ortho intramolecular Hbond substituents is 1. The Hall–Kier alpha value is -4.06. The van der Waals surface area contributed by atoms with Crippen LogP contribution >= 0.6 is 0 Å². The van der Waals surface area contributed by atoms with Crippen molar-refractivity contribution in [3.63, 3.8) is 0 Å². The van der Waals surface area contributed by atoms with E-state index < -0.39 is 42.1 Å². The van der Waals surface area contributed by atoms with Gasteiger partial charge in [-0.2, -0.15) is 5.26 Å². The maximum Gasteiger partial charge on any atom is 0.408 e. The standard InChI is InChI=1S/C29H38N4O5/c1-18(2)16-23(31-28(37)38-29(5,6)7)27(36)33(15-14-30)25(21-12-9-13-22(34)17-21)26(35)32-24-19(3)10-8-11-20(24)4/h8-13,17-18,23,25,34H,15-16H2,1-7H3,(H,31,37)(H,32,35). The molecule has 0 bridgehead atoms. The average Bonchev–Trinajstić information content (AvgIpc) is 2.79. The Balaban J connectivity index is 2.55. The number of phenols is 1. The van der Waals surface area contributed by atoms with Gasteiger partial charge in [0, 0.05) is 5.69 Å². The summed E-state index contributed by atoms with van der Waals surface area (Å²) in [6.45, 7) is 12.2. The van der Waals surface area contributed by atoms with E-state index in [0.29, 0.717) is 11.3 Å². The van der Waals surface area contributed by atoms with E-state index in [9.17, 15) is 24.8 Å². The van der Waals surface area contributed by atoms with Crippen LogP contribution in [0, 0.1) is 31.1 Å². The third-order valence-electron chi connectivity index (χ3n) is 5.70. The number of carbonyl (C=O) groups is 3. The summed E-state index contributed by atoms with van der Waals surface area (Å²) in [6.07, 6.45) is -0.520. The van der Waals surface area contributed by atoms with Crippen LogP contribution in [0.3, 0.4) is 0 Å². The second kappa shape index (κ2) is 13.0. The fourth-order valence-corrected chi connectivity index (χ4v) is 4.09. The molecule has 3 N–H and O–H groups in total. The Morgan fingerprint density at radius 2 is 1.68 bits per heavy atom. The molecule has 2 aromatic carbocycles. The zero-order valence-electron chi connectivity index (χ0n) is 23.2. The predicted octanol–water partition coefficient (Wildman–Crippen LogP) is 4.98. The first-order valence-corrected chi connectivity index (χ1v) is 12.6. The molecule has 0 spiro atoms. The lowest BCUT2D eigenvalue weighted by molar-refractivity contribution is -0.140. The highest BCUT2D eigenvalue weighted by Crippen LogP contribution is 2.29. The van der Waals surface area contributed by atoms with E-state index >= 15 is 0 Å². The molecule has 2 aromatic rings. The summed E-state index contributed by atoms with van der Waals surface area (Å²) >= 11 is 0. The largest absolute Gasteiger partial charge is 0.508 e. The fraction of sp³-hybridized carbons (Fsp3) is 0.448. The van der Waals surface area contributed by atoms with Crippen molar-refractivity contribution in [3.8, 4) is 11.8 Å². The Morgan fingerprint density at radius 3 is 2.21 bits per heavy atom. The number of aromatic hydroxyl groups is 1. The number of rotatable bonds is 9. The number of benzene rings is 2. The van der Waals surface area contributed by atoms with Crippen LogP contribution in [0.2, 0.25) is 0 Å². The first-order valence-electron chi connectivity index (χ1n) is 12.6. The molecular formula is C29H38N4O5. The molecule has 0 heterocycles. The lowest BCUT2D eigenvalue weighted by atomic mass is 9.98. The van der Waals surface area contributed by atoms with Crippen LogP contribution in [0.25, 0.3) is 0 Å². The van der Waals surface area contributed by atoms with Gasteiger partial charge >= 0.3 is 6.09 Å². The van der Waals surface area contributed by atoms with E-state index in [1.54, 1.807) is 32.9 Å². The van der Waals surface area contributed by atoms with Crippen LogP contribution in [0.5, 0.6) is 5.75 Å².